The normalized spacial score (nSPS) is 11.3. The van der Waals surface area contributed by atoms with Crippen LogP contribution in [0.5, 0.6) is 0 Å². The van der Waals surface area contributed by atoms with E-state index in [9.17, 15) is 0 Å². The monoisotopic (exact) mass is 948 g/mol. The fraction of sp³-hybridized carbons (Fsp3) is 0. The number of para-hydroxylation sites is 3. The third-order valence-electron chi connectivity index (χ3n) is 14.1. The van der Waals surface area contributed by atoms with Gasteiger partial charge in [-0.25, -0.2) is 0 Å². The van der Waals surface area contributed by atoms with Gasteiger partial charge in [0.2, 0.25) is 0 Å². The van der Waals surface area contributed by atoms with E-state index in [-0.39, 0.29) is 0 Å². The maximum Gasteiger partial charge on any atom is 0.0541 e. The topological polar surface area (TPSA) is 6.48 Å². The Morgan fingerprint density at radius 2 is 0.671 bits per heavy atom. The highest BCUT2D eigenvalue weighted by Crippen LogP contribution is 2.50. The predicted molar refractivity (Wildman–Crippen MR) is 313 cm³/mol. The van der Waals surface area contributed by atoms with E-state index in [1.54, 1.807) is 0 Å². The van der Waals surface area contributed by atoms with Crippen LogP contribution in [0.2, 0.25) is 0 Å². The highest BCUT2D eigenvalue weighted by atomic mass is 32.1. The van der Waals surface area contributed by atoms with E-state index < -0.39 is 0 Å². The van der Waals surface area contributed by atoms with E-state index in [0.717, 1.165) is 67.5 Å². The highest BCUT2D eigenvalue weighted by Gasteiger charge is 2.25. The minimum absolute atomic E-state index is 1.06. The third-order valence-corrected chi connectivity index (χ3v) is 15.2. The molecule has 2 nitrogen and oxygen atoms in total. The molecule has 1 aromatic heterocycles. The Morgan fingerprint density at radius 3 is 1.37 bits per heavy atom. The molecule has 73 heavy (non-hydrogen) atoms. The summed E-state index contributed by atoms with van der Waals surface area (Å²) in [7, 11) is 0. The highest BCUT2D eigenvalue weighted by molar-refractivity contribution is 7.25. The number of anilines is 6. The first kappa shape index (κ1) is 43.7. The fourth-order valence-electron chi connectivity index (χ4n) is 10.5. The molecule has 0 aliphatic rings. The number of hydrogen-bond donors (Lipinski definition) is 0. The molecule has 0 fully saturated rings. The van der Waals surface area contributed by atoms with Crippen LogP contribution in [0, 0.1) is 0 Å². The maximum absolute atomic E-state index is 2.47. The van der Waals surface area contributed by atoms with E-state index in [0.29, 0.717) is 0 Å². The van der Waals surface area contributed by atoms with E-state index in [4.69, 9.17) is 0 Å². The number of hydrogen-bond acceptors (Lipinski definition) is 3. The predicted octanol–water partition coefficient (Wildman–Crippen LogP) is 20.5. The first-order valence-corrected chi connectivity index (χ1v) is 25.7. The summed E-state index contributed by atoms with van der Waals surface area (Å²) >= 11 is 1.85. The van der Waals surface area contributed by atoms with Gasteiger partial charge >= 0.3 is 0 Å². The summed E-state index contributed by atoms with van der Waals surface area (Å²) in [6.45, 7) is 0. The molecular formula is C70H48N2S. The average Bonchev–Trinajstić information content (AvgIpc) is 3.84. The minimum atomic E-state index is 1.06. The molecule has 344 valence electrons. The Hall–Kier alpha value is -9.28. The number of nitrogens with zero attached hydrogens (tertiary/aromatic N) is 2. The summed E-state index contributed by atoms with van der Waals surface area (Å²) in [5, 5.41) is 5.02. The molecule has 0 saturated carbocycles. The smallest absolute Gasteiger partial charge is 0.0541 e. The lowest BCUT2D eigenvalue weighted by atomic mass is 9.96. The zero-order valence-corrected chi connectivity index (χ0v) is 40.8. The summed E-state index contributed by atoms with van der Waals surface area (Å²) in [6, 6.07) is 106. The van der Waals surface area contributed by atoms with Crippen LogP contribution >= 0.6 is 11.3 Å². The molecule has 0 radical (unpaired) electrons. The Kier molecular flexibility index (Phi) is 11.5. The molecule has 0 spiro atoms. The van der Waals surface area contributed by atoms with Crippen LogP contribution in [0.15, 0.2) is 291 Å². The summed E-state index contributed by atoms with van der Waals surface area (Å²) < 4.78 is 2.55. The molecule has 0 amide bonds. The molecule has 13 rings (SSSR count). The van der Waals surface area contributed by atoms with E-state index >= 15 is 0 Å². The maximum atomic E-state index is 2.47. The van der Waals surface area contributed by atoms with Crippen LogP contribution in [0.25, 0.3) is 86.6 Å². The Morgan fingerprint density at radius 1 is 0.219 bits per heavy atom. The standard InChI is InChI=1S/C70H48N2S/c1-3-18-49(19-4-1)51-34-36-52(37-35-51)53-40-42-58(43-41-53)71(59-25-17-24-56(47-59)57-39-38-50-20-7-8-23-55(50)46-57)67-31-14-10-27-62(67)63-28-11-15-32-68(63)72(66-30-13-9-26-61(66)54-21-5-2-6-22-54)60-44-45-65-64-29-12-16-33-69(64)73-70(65)48-60/h1-48H. The molecule has 0 unspecified atom stereocenters. The largest absolute Gasteiger partial charge is 0.310 e. The van der Waals surface area contributed by atoms with Gasteiger partial charge in [-0.1, -0.05) is 224 Å². The van der Waals surface area contributed by atoms with Crippen LogP contribution in [0.1, 0.15) is 0 Å². The van der Waals surface area contributed by atoms with Crippen LogP contribution in [-0.2, 0) is 0 Å². The van der Waals surface area contributed by atoms with Crippen LogP contribution in [0.3, 0.4) is 0 Å². The summed E-state index contributed by atoms with van der Waals surface area (Å²) in [5.41, 5.74) is 18.1. The van der Waals surface area contributed by atoms with Gasteiger partial charge in [0.15, 0.2) is 0 Å². The lowest BCUT2D eigenvalue weighted by Crippen LogP contribution is -2.14. The molecule has 1 heterocycles. The van der Waals surface area contributed by atoms with Crippen LogP contribution in [-0.4, -0.2) is 0 Å². The van der Waals surface area contributed by atoms with Gasteiger partial charge in [-0.3, -0.25) is 0 Å². The first-order valence-electron chi connectivity index (χ1n) is 24.9. The van der Waals surface area contributed by atoms with Crippen molar-refractivity contribution in [3.8, 4) is 55.6 Å². The van der Waals surface area contributed by atoms with E-state index in [1.165, 1.54) is 53.2 Å². The van der Waals surface area contributed by atoms with Crippen molar-refractivity contribution in [1.29, 1.82) is 0 Å². The lowest BCUT2D eigenvalue weighted by molar-refractivity contribution is 1.27. The van der Waals surface area contributed by atoms with Gasteiger partial charge in [-0.15, -0.1) is 11.3 Å². The quantitative estimate of drug-likeness (QED) is 0.127. The second-order valence-corrected chi connectivity index (χ2v) is 19.6. The molecule has 0 N–H and O–H groups in total. The van der Waals surface area contributed by atoms with E-state index in [2.05, 4.69) is 301 Å². The van der Waals surface area contributed by atoms with Crippen LogP contribution in [0.4, 0.5) is 34.1 Å². The van der Waals surface area contributed by atoms with Crippen molar-refractivity contribution in [2.24, 2.45) is 0 Å². The van der Waals surface area contributed by atoms with Crippen molar-refractivity contribution in [3.63, 3.8) is 0 Å². The number of fused-ring (bicyclic) bond motifs is 4. The molecule has 12 aromatic carbocycles. The molecular weight excluding hydrogens is 901 g/mol. The zero-order valence-electron chi connectivity index (χ0n) is 40.0. The zero-order chi connectivity index (χ0) is 48.5. The van der Waals surface area contributed by atoms with Crippen molar-refractivity contribution < 1.29 is 0 Å². The molecule has 0 saturated heterocycles. The van der Waals surface area contributed by atoms with Gasteiger partial charge < -0.3 is 9.80 Å². The summed E-state index contributed by atoms with van der Waals surface area (Å²) in [4.78, 5) is 4.91. The SMILES string of the molecule is c1ccc(-c2ccc(-c3ccc(N(c4cccc(-c5ccc6ccccc6c5)c4)c4ccccc4-c4ccccc4N(c4ccc5c(c4)sc4ccccc45)c4ccccc4-c4ccccc4)cc3)cc2)cc1. The summed E-state index contributed by atoms with van der Waals surface area (Å²) in [5.74, 6) is 0. The Balaban J connectivity index is 0.983. The van der Waals surface area contributed by atoms with Crippen molar-refractivity contribution in [1.82, 2.24) is 0 Å². The van der Waals surface area contributed by atoms with Crippen molar-refractivity contribution in [2.45, 2.75) is 0 Å². The summed E-state index contributed by atoms with van der Waals surface area (Å²) in [6.07, 6.45) is 0. The number of rotatable bonds is 11. The number of thiophene rings is 1. The molecule has 0 bridgehead atoms. The minimum Gasteiger partial charge on any atom is -0.310 e. The van der Waals surface area contributed by atoms with Crippen molar-refractivity contribution >= 4 is 76.4 Å². The second-order valence-electron chi connectivity index (χ2n) is 18.5. The molecule has 0 atom stereocenters. The lowest BCUT2D eigenvalue weighted by Gasteiger charge is -2.32. The van der Waals surface area contributed by atoms with Gasteiger partial charge in [0, 0.05) is 53.9 Å². The Bertz CT molecular complexity index is 4080. The Labute approximate surface area is 430 Å². The molecule has 13 aromatic rings. The third kappa shape index (κ3) is 8.42. The molecule has 0 aliphatic carbocycles. The van der Waals surface area contributed by atoms with Gasteiger partial charge in [-0.2, -0.15) is 0 Å². The number of benzene rings is 12. The molecule has 0 aliphatic heterocycles. The van der Waals surface area contributed by atoms with Crippen molar-refractivity contribution in [2.75, 3.05) is 9.80 Å². The van der Waals surface area contributed by atoms with Crippen LogP contribution < -0.4 is 9.80 Å². The van der Waals surface area contributed by atoms with Gasteiger partial charge in [0.05, 0.1) is 17.1 Å². The van der Waals surface area contributed by atoms with Gasteiger partial charge in [-0.05, 0) is 116 Å². The van der Waals surface area contributed by atoms with E-state index in [1.807, 2.05) is 11.3 Å². The first-order chi connectivity index (χ1) is 36.2. The van der Waals surface area contributed by atoms with Crippen molar-refractivity contribution in [3.05, 3.63) is 291 Å². The second kappa shape index (κ2) is 19.1. The molecule has 3 heteroatoms. The van der Waals surface area contributed by atoms with Gasteiger partial charge in [0.1, 0.15) is 0 Å². The fourth-order valence-corrected chi connectivity index (χ4v) is 11.6. The van der Waals surface area contributed by atoms with Gasteiger partial charge in [0.25, 0.3) is 0 Å². The average molecular weight is 949 g/mol.